The Labute approximate surface area is 114 Å². The maximum absolute atomic E-state index is 11.0. The fraction of sp³-hybridized carbons (Fsp3) is 0.533. The number of hydrogen-bond donors (Lipinski definition) is 1. The lowest BCUT2D eigenvalue weighted by atomic mass is 10.0. The zero-order chi connectivity index (χ0) is 14.3. The van der Waals surface area contributed by atoms with Crippen LogP contribution in [-0.4, -0.2) is 30.9 Å². The number of methoxy groups -OCH3 is 1. The Bertz CT molecular complexity index is 401. The summed E-state index contributed by atoms with van der Waals surface area (Å²) in [6, 6.07) is 7.76. The topological polar surface area (TPSA) is 55.8 Å². The molecule has 0 heterocycles. The Morgan fingerprint density at radius 1 is 1.32 bits per heavy atom. The summed E-state index contributed by atoms with van der Waals surface area (Å²) in [6.07, 6.45) is 0.0195. The molecule has 4 heteroatoms. The van der Waals surface area contributed by atoms with Crippen molar-refractivity contribution in [1.29, 1.82) is 0 Å². The third-order valence-electron chi connectivity index (χ3n) is 2.66. The van der Waals surface area contributed by atoms with Crippen molar-refractivity contribution in [2.45, 2.75) is 32.8 Å². The van der Waals surface area contributed by atoms with Crippen LogP contribution in [0.3, 0.4) is 0 Å². The number of benzene rings is 1. The van der Waals surface area contributed by atoms with Crippen molar-refractivity contribution in [3.63, 3.8) is 0 Å². The predicted octanol–water partition coefficient (Wildman–Crippen LogP) is 2.19. The minimum Gasteiger partial charge on any atom is -0.491 e. The number of para-hydroxylation sites is 1. The summed E-state index contributed by atoms with van der Waals surface area (Å²) in [7, 11) is 1.30. The van der Waals surface area contributed by atoms with Crippen LogP contribution in [0.5, 0.6) is 5.75 Å². The molecule has 0 aliphatic heterocycles. The summed E-state index contributed by atoms with van der Waals surface area (Å²) < 4.78 is 10.1. The first-order valence-corrected chi connectivity index (χ1v) is 6.48. The molecule has 4 nitrogen and oxygen atoms in total. The first-order valence-electron chi connectivity index (χ1n) is 6.48. The minimum atomic E-state index is -0.848. The number of ether oxygens (including phenoxy) is 2. The molecule has 1 rings (SSSR count). The first-order chi connectivity index (χ1) is 9.02. The van der Waals surface area contributed by atoms with Crippen LogP contribution in [0.2, 0.25) is 0 Å². The van der Waals surface area contributed by atoms with E-state index < -0.39 is 12.1 Å². The molecule has 0 saturated heterocycles. The second-order valence-electron chi connectivity index (χ2n) is 4.95. The lowest BCUT2D eigenvalue weighted by Crippen LogP contribution is -2.22. The van der Waals surface area contributed by atoms with Gasteiger partial charge in [0.05, 0.1) is 19.6 Å². The molecule has 0 spiro atoms. The van der Waals surface area contributed by atoms with E-state index in [4.69, 9.17) is 4.74 Å². The van der Waals surface area contributed by atoms with Crippen LogP contribution in [0.4, 0.5) is 0 Å². The molecule has 0 bridgehead atoms. The molecule has 0 saturated carbocycles. The van der Waals surface area contributed by atoms with Crippen LogP contribution >= 0.6 is 0 Å². The van der Waals surface area contributed by atoms with Crippen LogP contribution in [0, 0.1) is 5.92 Å². The molecule has 1 atom stereocenters. The van der Waals surface area contributed by atoms with E-state index in [1.807, 2.05) is 24.3 Å². The molecule has 0 aromatic heterocycles. The number of aliphatic hydroxyl groups excluding tert-OH is 1. The second-order valence-corrected chi connectivity index (χ2v) is 4.95. The summed E-state index contributed by atoms with van der Waals surface area (Å²) in [5, 5.41) is 9.66. The number of carbonyl (C=O) groups excluding carboxylic acids is 1. The van der Waals surface area contributed by atoms with E-state index in [2.05, 4.69) is 18.6 Å². The molecule has 19 heavy (non-hydrogen) atoms. The fourth-order valence-electron chi connectivity index (χ4n) is 1.77. The highest BCUT2D eigenvalue weighted by molar-refractivity contribution is 5.69. The third-order valence-corrected chi connectivity index (χ3v) is 2.66. The summed E-state index contributed by atoms with van der Waals surface area (Å²) in [6.45, 7) is 4.37. The number of aliphatic hydroxyl groups is 1. The van der Waals surface area contributed by atoms with Crippen molar-refractivity contribution in [1.82, 2.24) is 0 Å². The molecule has 106 valence electrons. The van der Waals surface area contributed by atoms with Gasteiger partial charge in [-0.3, -0.25) is 4.79 Å². The zero-order valence-corrected chi connectivity index (χ0v) is 11.8. The molecule has 0 unspecified atom stereocenters. The fourth-order valence-corrected chi connectivity index (χ4v) is 1.77. The van der Waals surface area contributed by atoms with Crippen molar-refractivity contribution in [2.24, 2.45) is 5.92 Å². The van der Waals surface area contributed by atoms with Gasteiger partial charge in [0.2, 0.25) is 0 Å². The summed E-state index contributed by atoms with van der Waals surface area (Å²) in [4.78, 5) is 11.0. The highest BCUT2D eigenvalue weighted by atomic mass is 16.5. The third kappa shape index (κ3) is 5.75. The largest absolute Gasteiger partial charge is 0.491 e. The number of carbonyl (C=O) groups is 1. The normalized spacial score (nSPS) is 12.3. The van der Waals surface area contributed by atoms with E-state index >= 15 is 0 Å². The van der Waals surface area contributed by atoms with Crippen LogP contribution in [0.15, 0.2) is 24.3 Å². The van der Waals surface area contributed by atoms with Crippen molar-refractivity contribution in [3.05, 3.63) is 29.8 Å². The van der Waals surface area contributed by atoms with Crippen LogP contribution in [0.1, 0.15) is 25.8 Å². The van der Waals surface area contributed by atoms with Gasteiger partial charge in [0.25, 0.3) is 0 Å². The average molecular weight is 266 g/mol. The van der Waals surface area contributed by atoms with Crippen molar-refractivity contribution in [3.8, 4) is 5.75 Å². The first kappa shape index (κ1) is 15.5. The SMILES string of the molecule is COC(=O)C[C@@H](O)COc1ccccc1CC(C)C. The van der Waals surface area contributed by atoms with Gasteiger partial charge >= 0.3 is 5.97 Å². The highest BCUT2D eigenvalue weighted by Gasteiger charge is 2.13. The monoisotopic (exact) mass is 266 g/mol. The van der Waals surface area contributed by atoms with E-state index in [1.165, 1.54) is 7.11 Å². The summed E-state index contributed by atoms with van der Waals surface area (Å²) in [5.41, 5.74) is 1.11. The van der Waals surface area contributed by atoms with Crippen molar-refractivity contribution >= 4 is 5.97 Å². The smallest absolute Gasteiger partial charge is 0.308 e. The van der Waals surface area contributed by atoms with Gasteiger partial charge in [-0.25, -0.2) is 0 Å². The molecule has 0 aliphatic carbocycles. The van der Waals surface area contributed by atoms with Gasteiger partial charge in [-0.2, -0.15) is 0 Å². The Kier molecular flexibility index (Phi) is 6.36. The molecule has 0 radical (unpaired) electrons. The molecule has 1 aromatic rings. The number of hydrogen-bond acceptors (Lipinski definition) is 4. The standard InChI is InChI=1S/C15H22O4/c1-11(2)8-12-6-4-5-7-14(12)19-10-13(16)9-15(17)18-3/h4-7,11,13,16H,8-10H2,1-3H3/t13-/m1/s1. The molecular formula is C15H22O4. The van der Waals surface area contributed by atoms with Gasteiger partial charge in [-0.1, -0.05) is 32.0 Å². The minimum absolute atomic E-state index is 0.0527. The van der Waals surface area contributed by atoms with Crippen LogP contribution in [0.25, 0.3) is 0 Å². The van der Waals surface area contributed by atoms with E-state index in [0.717, 1.165) is 17.7 Å². The quantitative estimate of drug-likeness (QED) is 0.769. The summed E-state index contributed by atoms with van der Waals surface area (Å²) >= 11 is 0. The molecule has 1 N–H and O–H groups in total. The molecule has 0 fully saturated rings. The maximum atomic E-state index is 11.0. The average Bonchev–Trinajstić information content (AvgIpc) is 2.37. The molecule has 1 aromatic carbocycles. The predicted molar refractivity (Wildman–Crippen MR) is 73.1 cm³/mol. The van der Waals surface area contributed by atoms with E-state index in [1.54, 1.807) is 0 Å². The molecular weight excluding hydrogens is 244 g/mol. The van der Waals surface area contributed by atoms with Gasteiger partial charge < -0.3 is 14.6 Å². The lowest BCUT2D eigenvalue weighted by molar-refractivity contribution is -0.143. The molecule has 0 aliphatic rings. The van der Waals surface area contributed by atoms with E-state index in [9.17, 15) is 9.90 Å². The maximum Gasteiger partial charge on any atom is 0.308 e. The highest BCUT2D eigenvalue weighted by Crippen LogP contribution is 2.21. The number of rotatable bonds is 7. The van der Waals surface area contributed by atoms with Gasteiger partial charge in [0.15, 0.2) is 0 Å². The van der Waals surface area contributed by atoms with Crippen molar-refractivity contribution in [2.75, 3.05) is 13.7 Å². The van der Waals surface area contributed by atoms with Gasteiger partial charge in [0.1, 0.15) is 12.4 Å². The second kappa shape index (κ2) is 7.79. The van der Waals surface area contributed by atoms with Gasteiger partial charge in [-0.05, 0) is 24.0 Å². The van der Waals surface area contributed by atoms with Crippen LogP contribution in [-0.2, 0) is 16.0 Å². The van der Waals surface area contributed by atoms with E-state index in [-0.39, 0.29) is 13.0 Å². The van der Waals surface area contributed by atoms with Crippen LogP contribution < -0.4 is 4.74 Å². The Balaban J connectivity index is 2.54. The number of esters is 1. The Hall–Kier alpha value is -1.55. The van der Waals surface area contributed by atoms with Gasteiger partial charge in [0, 0.05) is 0 Å². The zero-order valence-electron chi connectivity index (χ0n) is 11.8. The lowest BCUT2D eigenvalue weighted by Gasteiger charge is -2.15. The Morgan fingerprint density at radius 2 is 2.00 bits per heavy atom. The molecule has 0 amide bonds. The van der Waals surface area contributed by atoms with Crippen molar-refractivity contribution < 1.29 is 19.4 Å². The van der Waals surface area contributed by atoms with Gasteiger partial charge in [-0.15, -0.1) is 0 Å². The van der Waals surface area contributed by atoms with E-state index in [0.29, 0.717) is 5.92 Å². The summed E-state index contributed by atoms with van der Waals surface area (Å²) in [5.74, 6) is 0.858. The Morgan fingerprint density at radius 3 is 2.63 bits per heavy atom.